The average Bonchev–Trinajstić information content (AvgIpc) is 3.00. The van der Waals surface area contributed by atoms with Gasteiger partial charge >= 0.3 is 0 Å². The van der Waals surface area contributed by atoms with Crippen LogP contribution in [0.4, 0.5) is 0 Å². The van der Waals surface area contributed by atoms with E-state index in [1.165, 1.54) is 0 Å². The van der Waals surface area contributed by atoms with E-state index in [2.05, 4.69) is 15.4 Å². The molecule has 3 rings (SSSR count). The number of para-hydroxylation sites is 1. The number of rotatable bonds is 5. The van der Waals surface area contributed by atoms with E-state index in [4.69, 9.17) is 4.42 Å². The molecule has 0 aliphatic heterocycles. The molecule has 6 nitrogen and oxygen atoms in total. The number of oxazole rings is 1. The summed E-state index contributed by atoms with van der Waals surface area (Å²) in [5, 5.41) is 8.38. The second kappa shape index (κ2) is 6.24. The van der Waals surface area contributed by atoms with Crippen LogP contribution in [0.1, 0.15) is 23.0 Å². The van der Waals surface area contributed by atoms with Crippen LogP contribution in [0.15, 0.2) is 28.7 Å². The SMILES string of the molecule is Cc1nc(CCNC(=O)Cc2nn(C)c3ccccc23)c(C)o1. The highest BCUT2D eigenvalue weighted by molar-refractivity contribution is 5.87. The predicted molar refractivity (Wildman–Crippen MR) is 87.1 cm³/mol. The van der Waals surface area contributed by atoms with Gasteiger partial charge in [0.1, 0.15) is 5.76 Å². The molecule has 1 N–H and O–H groups in total. The number of aryl methyl sites for hydroxylation is 3. The quantitative estimate of drug-likeness (QED) is 0.783. The summed E-state index contributed by atoms with van der Waals surface area (Å²) in [4.78, 5) is 16.4. The molecule has 0 saturated heterocycles. The van der Waals surface area contributed by atoms with E-state index in [0.717, 1.165) is 28.1 Å². The summed E-state index contributed by atoms with van der Waals surface area (Å²) >= 11 is 0. The highest BCUT2D eigenvalue weighted by Gasteiger charge is 2.12. The lowest BCUT2D eigenvalue weighted by Crippen LogP contribution is -2.27. The van der Waals surface area contributed by atoms with Gasteiger partial charge in [0.05, 0.1) is 23.3 Å². The zero-order valence-corrected chi connectivity index (χ0v) is 13.6. The number of carbonyl (C=O) groups is 1. The molecule has 0 unspecified atom stereocenters. The van der Waals surface area contributed by atoms with E-state index in [-0.39, 0.29) is 12.3 Å². The number of nitrogens with one attached hydrogen (secondary N) is 1. The van der Waals surface area contributed by atoms with Crippen molar-refractivity contribution >= 4 is 16.8 Å². The molecule has 120 valence electrons. The van der Waals surface area contributed by atoms with E-state index in [1.54, 1.807) is 4.68 Å². The molecule has 0 radical (unpaired) electrons. The molecule has 0 saturated carbocycles. The standard InChI is InChI=1S/C17H20N4O2/c1-11-14(19-12(2)23-11)8-9-18-17(22)10-15-13-6-4-5-7-16(13)21(3)20-15/h4-7H,8-10H2,1-3H3,(H,18,22). The third-order valence-electron chi connectivity index (χ3n) is 3.85. The predicted octanol–water partition coefficient (Wildman–Crippen LogP) is 2.08. The topological polar surface area (TPSA) is 73.0 Å². The van der Waals surface area contributed by atoms with E-state index in [9.17, 15) is 4.79 Å². The van der Waals surface area contributed by atoms with Crippen LogP contribution in [-0.4, -0.2) is 27.2 Å². The highest BCUT2D eigenvalue weighted by atomic mass is 16.4. The maximum Gasteiger partial charge on any atom is 0.226 e. The Morgan fingerprint density at radius 3 is 2.78 bits per heavy atom. The molecule has 0 fully saturated rings. The van der Waals surface area contributed by atoms with Crippen LogP contribution < -0.4 is 5.32 Å². The smallest absolute Gasteiger partial charge is 0.226 e. The minimum atomic E-state index is -0.0354. The van der Waals surface area contributed by atoms with Crippen molar-refractivity contribution in [1.29, 1.82) is 0 Å². The zero-order chi connectivity index (χ0) is 16.4. The first-order valence-corrected chi connectivity index (χ1v) is 7.65. The average molecular weight is 312 g/mol. The first kappa shape index (κ1) is 15.3. The van der Waals surface area contributed by atoms with Gasteiger partial charge in [-0.3, -0.25) is 9.48 Å². The third-order valence-corrected chi connectivity index (χ3v) is 3.85. The number of hydrogen-bond donors (Lipinski definition) is 1. The van der Waals surface area contributed by atoms with Crippen LogP contribution in [0.25, 0.3) is 10.9 Å². The Bertz CT molecular complexity index is 848. The number of nitrogens with zero attached hydrogens (tertiary/aromatic N) is 3. The van der Waals surface area contributed by atoms with Crippen LogP contribution in [0, 0.1) is 13.8 Å². The van der Waals surface area contributed by atoms with Crippen LogP contribution in [-0.2, 0) is 24.7 Å². The zero-order valence-electron chi connectivity index (χ0n) is 13.6. The van der Waals surface area contributed by atoms with Gasteiger partial charge in [0.2, 0.25) is 5.91 Å². The molecule has 0 spiro atoms. The van der Waals surface area contributed by atoms with Gasteiger partial charge < -0.3 is 9.73 Å². The van der Waals surface area contributed by atoms with Crippen LogP contribution in [0.3, 0.4) is 0 Å². The molecule has 2 aromatic heterocycles. The third kappa shape index (κ3) is 3.26. The number of amides is 1. The van der Waals surface area contributed by atoms with Crippen LogP contribution in [0.2, 0.25) is 0 Å². The fraction of sp³-hybridized carbons (Fsp3) is 0.353. The summed E-state index contributed by atoms with van der Waals surface area (Å²) in [6.45, 7) is 4.24. The molecule has 0 bridgehead atoms. The molecule has 1 aromatic carbocycles. The van der Waals surface area contributed by atoms with Gasteiger partial charge in [0, 0.05) is 32.3 Å². The second-order valence-corrected chi connectivity index (χ2v) is 5.60. The molecule has 3 aromatic rings. The minimum absolute atomic E-state index is 0.0354. The summed E-state index contributed by atoms with van der Waals surface area (Å²) in [6, 6.07) is 7.92. The van der Waals surface area contributed by atoms with Crippen molar-refractivity contribution in [3.63, 3.8) is 0 Å². The largest absolute Gasteiger partial charge is 0.446 e. The summed E-state index contributed by atoms with van der Waals surface area (Å²) in [5.41, 5.74) is 2.73. The van der Waals surface area contributed by atoms with Crippen molar-refractivity contribution in [2.45, 2.75) is 26.7 Å². The minimum Gasteiger partial charge on any atom is -0.446 e. The lowest BCUT2D eigenvalue weighted by molar-refractivity contribution is -0.120. The van der Waals surface area contributed by atoms with Crippen molar-refractivity contribution in [2.24, 2.45) is 7.05 Å². The van der Waals surface area contributed by atoms with Gasteiger partial charge in [-0.15, -0.1) is 0 Å². The molecule has 0 aliphatic carbocycles. The lowest BCUT2D eigenvalue weighted by atomic mass is 10.1. The van der Waals surface area contributed by atoms with Gasteiger partial charge in [0.25, 0.3) is 0 Å². The van der Waals surface area contributed by atoms with Crippen molar-refractivity contribution in [2.75, 3.05) is 6.54 Å². The van der Waals surface area contributed by atoms with Crippen molar-refractivity contribution < 1.29 is 9.21 Å². The van der Waals surface area contributed by atoms with E-state index in [1.807, 2.05) is 45.2 Å². The number of benzene rings is 1. The molecule has 6 heteroatoms. The molecular weight excluding hydrogens is 292 g/mol. The fourth-order valence-electron chi connectivity index (χ4n) is 2.76. The second-order valence-electron chi connectivity index (χ2n) is 5.60. The Morgan fingerprint density at radius 2 is 2.04 bits per heavy atom. The Balaban J connectivity index is 1.60. The van der Waals surface area contributed by atoms with E-state index in [0.29, 0.717) is 18.9 Å². The monoisotopic (exact) mass is 312 g/mol. The Morgan fingerprint density at radius 1 is 1.26 bits per heavy atom. The van der Waals surface area contributed by atoms with Crippen molar-refractivity contribution in [3.8, 4) is 0 Å². The molecule has 23 heavy (non-hydrogen) atoms. The first-order valence-electron chi connectivity index (χ1n) is 7.65. The molecule has 0 atom stereocenters. The van der Waals surface area contributed by atoms with E-state index >= 15 is 0 Å². The number of carbonyl (C=O) groups excluding carboxylic acids is 1. The lowest BCUT2D eigenvalue weighted by Gasteiger charge is -2.03. The van der Waals surface area contributed by atoms with E-state index < -0.39 is 0 Å². The number of hydrogen-bond acceptors (Lipinski definition) is 4. The number of fused-ring (bicyclic) bond motifs is 1. The maximum atomic E-state index is 12.1. The summed E-state index contributed by atoms with van der Waals surface area (Å²) < 4.78 is 7.19. The fourth-order valence-corrected chi connectivity index (χ4v) is 2.76. The van der Waals surface area contributed by atoms with Crippen molar-refractivity contribution in [1.82, 2.24) is 20.1 Å². The van der Waals surface area contributed by atoms with Gasteiger partial charge in [0.15, 0.2) is 5.89 Å². The van der Waals surface area contributed by atoms with Crippen molar-refractivity contribution in [3.05, 3.63) is 47.3 Å². The summed E-state index contributed by atoms with van der Waals surface area (Å²) in [7, 11) is 1.89. The number of aromatic nitrogens is 3. The van der Waals surface area contributed by atoms with Crippen LogP contribution in [0.5, 0.6) is 0 Å². The van der Waals surface area contributed by atoms with Gasteiger partial charge in [-0.1, -0.05) is 18.2 Å². The molecule has 1 amide bonds. The van der Waals surface area contributed by atoms with Gasteiger partial charge in [-0.2, -0.15) is 5.10 Å². The Kier molecular flexibility index (Phi) is 4.14. The normalized spacial score (nSPS) is 11.1. The molecule has 0 aliphatic rings. The maximum absolute atomic E-state index is 12.1. The highest BCUT2D eigenvalue weighted by Crippen LogP contribution is 2.17. The first-order chi connectivity index (χ1) is 11.0. The Labute approximate surface area is 134 Å². The Hall–Kier alpha value is -2.63. The molecule has 2 heterocycles. The summed E-state index contributed by atoms with van der Waals surface area (Å²) in [5.74, 6) is 1.43. The van der Waals surface area contributed by atoms with Gasteiger partial charge in [-0.25, -0.2) is 4.98 Å². The van der Waals surface area contributed by atoms with Crippen LogP contribution >= 0.6 is 0 Å². The molecular formula is C17H20N4O2. The summed E-state index contributed by atoms with van der Waals surface area (Å²) in [6.07, 6.45) is 0.941. The van der Waals surface area contributed by atoms with Gasteiger partial charge in [-0.05, 0) is 13.0 Å².